The van der Waals surface area contributed by atoms with Crippen LogP contribution in [-0.2, 0) is 17.8 Å². The van der Waals surface area contributed by atoms with E-state index in [1.807, 2.05) is 24.3 Å². The molecule has 0 atom stereocenters. The van der Waals surface area contributed by atoms with Gasteiger partial charge in [0.05, 0.1) is 13.7 Å². The van der Waals surface area contributed by atoms with Crippen molar-refractivity contribution in [3.05, 3.63) is 59.4 Å². The van der Waals surface area contributed by atoms with Gasteiger partial charge in [0.1, 0.15) is 23.9 Å². The zero-order chi connectivity index (χ0) is 16.5. The van der Waals surface area contributed by atoms with Crippen molar-refractivity contribution in [2.75, 3.05) is 27.4 Å². The number of halogens is 1. The van der Waals surface area contributed by atoms with E-state index < -0.39 is 0 Å². The first-order chi connectivity index (χ1) is 11.2. The normalized spacial score (nSPS) is 10.6. The van der Waals surface area contributed by atoms with E-state index >= 15 is 0 Å². The van der Waals surface area contributed by atoms with Crippen LogP contribution >= 0.6 is 0 Å². The van der Waals surface area contributed by atoms with Crippen molar-refractivity contribution in [3.63, 3.8) is 0 Å². The highest BCUT2D eigenvalue weighted by Crippen LogP contribution is 2.19. The number of hydrogen-bond acceptors (Lipinski definition) is 4. The number of hydrogen-bond donors (Lipinski definition) is 1. The first kappa shape index (κ1) is 17.2. The minimum Gasteiger partial charge on any atom is -0.496 e. The fourth-order valence-electron chi connectivity index (χ4n) is 2.21. The molecule has 2 rings (SSSR count). The first-order valence-electron chi connectivity index (χ1n) is 7.46. The number of methoxy groups -OCH3 is 2. The fourth-order valence-corrected chi connectivity index (χ4v) is 2.21. The van der Waals surface area contributed by atoms with Crippen LogP contribution in [0.1, 0.15) is 11.1 Å². The molecule has 0 saturated heterocycles. The molecule has 0 amide bonds. The predicted octanol–water partition coefficient (Wildman–Crippen LogP) is 3.15. The van der Waals surface area contributed by atoms with Crippen molar-refractivity contribution in [1.29, 1.82) is 0 Å². The van der Waals surface area contributed by atoms with Crippen LogP contribution in [-0.4, -0.2) is 27.4 Å². The van der Waals surface area contributed by atoms with Crippen LogP contribution < -0.4 is 14.8 Å². The van der Waals surface area contributed by atoms with E-state index in [9.17, 15) is 4.39 Å². The smallest absolute Gasteiger partial charge is 0.123 e. The van der Waals surface area contributed by atoms with Gasteiger partial charge in [-0.15, -0.1) is 0 Å². The van der Waals surface area contributed by atoms with Gasteiger partial charge in [-0.1, -0.05) is 12.1 Å². The van der Waals surface area contributed by atoms with E-state index in [-0.39, 0.29) is 5.82 Å². The Balaban J connectivity index is 1.89. The van der Waals surface area contributed by atoms with Crippen LogP contribution in [0.5, 0.6) is 11.5 Å². The van der Waals surface area contributed by atoms with Crippen LogP contribution in [0.3, 0.4) is 0 Å². The van der Waals surface area contributed by atoms with Crippen molar-refractivity contribution >= 4 is 0 Å². The number of rotatable bonds is 9. The Morgan fingerprint density at radius 1 is 1.00 bits per heavy atom. The van der Waals surface area contributed by atoms with Gasteiger partial charge in [0.25, 0.3) is 0 Å². The van der Waals surface area contributed by atoms with Gasteiger partial charge < -0.3 is 19.5 Å². The summed E-state index contributed by atoms with van der Waals surface area (Å²) in [5, 5.41) is 3.29. The van der Waals surface area contributed by atoms with Crippen molar-refractivity contribution in [3.8, 4) is 11.5 Å². The van der Waals surface area contributed by atoms with E-state index in [2.05, 4.69) is 5.32 Å². The topological polar surface area (TPSA) is 39.7 Å². The highest BCUT2D eigenvalue weighted by molar-refractivity contribution is 5.34. The van der Waals surface area contributed by atoms with Crippen LogP contribution in [0, 0.1) is 5.82 Å². The lowest BCUT2D eigenvalue weighted by molar-refractivity contribution is 0.146. The Hall–Kier alpha value is -2.11. The number of ether oxygens (including phenoxy) is 3. The molecule has 4 nitrogen and oxygen atoms in total. The average Bonchev–Trinajstić information content (AvgIpc) is 2.56. The summed E-state index contributed by atoms with van der Waals surface area (Å²) in [5.41, 5.74) is 1.88. The minimum absolute atomic E-state index is 0.267. The molecule has 0 saturated carbocycles. The minimum atomic E-state index is -0.267. The molecular formula is C18H22FNO3. The zero-order valence-electron chi connectivity index (χ0n) is 13.5. The molecule has 0 radical (unpaired) electrons. The average molecular weight is 319 g/mol. The molecule has 1 N–H and O–H groups in total. The lowest BCUT2D eigenvalue weighted by atomic mass is 10.1. The molecule has 0 unspecified atom stereocenters. The molecular weight excluding hydrogens is 297 g/mol. The molecule has 0 aliphatic carbocycles. The van der Waals surface area contributed by atoms with E-state index in [1.54, 1.807) is 20.3 Å². The summed E-state index contributed by atoms with van der Waals surface area (Å²) in [4.78, 5) is 0. The Morgan fingerprint density at radius 2 is 1.87 bits per heavy atom. The van der Waals surface area contributed by atoms with Gasteiger partial charge in [0.2, 0.25) is 0 Å². The molecule has 0 aliphatic heterocycles. The molecule has 124 valence electrons. The maximum Gasteiger partial charge on any atom is 0.123 e. The van der Waals surface area contributed by atoms with Crippen molar-refractivity contribution < 1.29 is 18.6 Å². The highest BCUT2D eigenvalue weighted by atomic mass is 19.1. The standard InChI is InChI=1S/C18H22FNO3/c1-21-8-9-23-17-5-3-4-14(10-17)12-20-13-15-11-16(19)6-7-18(15)22-2/h3-7,10-11,20H,8-9,12-13H2,1-2H3. The molecule has 0 spiro atoms. The summed E-state index contributed by atoms with van der Waals surface area (Å²) in [6.07, 6.45) is 0. The van der Waals surface area contributed by atoms with E-state index in [0.29, 0.717) is 32.1 Å². The Morgan fingerprint density at radius 3 is 2.65 bits per heavy atom. The summed E-state index contributed by atoms with van der Waals surface area (Å²) in [7, 11) is 3.22. The van der Waals surface area contributed by atoms with Gasteiger partial charge in [-0.3, -0.25) is 0 Å². The number of nitrogens with one attached hydrogen (secondary N) is 1. The third kappa shape index (κ3) is 5.54. The molecule has 23 heavy (non-hydrogen) atoms. The Labute approximate surface area is 136 Å². The molecule has 0 aliphatic rings. The van der Waals surface area contributed by atoms with E-state index in [4.69, 9.17) is 14.2 Å². The van der Waals surface area contributed by atoms with Gasteiger partial charge in [0.15, 0.2) is 0 Å². The summed E-state index contributed by atoms with van der Waals surface area (Å²) >= 11 is 0. The predicted molar refractivity (Wildman–Crippen MR) is 87.3 cm³/mol. The van der Waals surface area contributed by atoms with Crippen molar-refractivity contribution in [1.82, 2.24) is 5.32 Å². The third-order valence-electron chi connectivity index (χ3n) is 3.34. The third-order valence-corrected chi connectivity index (χ3v) is 3.34. The van der Waals surface area contributed by atoms with Gasteiger partial charge in [-0.2, -0.15) is 0 Å². The van der Waals surface area contributed by atoms with Gasteiger partial charge in [-0.25, -0.2) is 4.39 Å². The molecule has 0 bridgehead atoms. The Kier molecular flexibility index (Phi) is 6.84. The van der Waals surface area contributed by atoms with Gasteiger partial charge >= 0.3 is 0 Å². The van der Waals surface area contributed by atoms with Crippen molar-refractivity contribution in [2.45, 2.75) is 13.1 Å². The van der Waals surface area contributed by atoms with Gasteiger partial charge in [-0.05, 0) is 35.9 Å². The van der Waals surface area contributed by atoms with E-state index in [0.717, 1.165) is 16.9 Å². The lowest BCUT2D eigenvalue weighted by Gasteiger charge is -2.11. The first-order valence-corrected chi connectivity index (χ1v) is 7.46. The molecule has 0 fully saturated rings. The second kappa shape index (κ2) is 9.12. The molecule has 0 heterocycles. The highest BCUT2D eigenvalue weighted by Gasteiger charge is 2.04. The summed E-state index contributed by atoms with van der Waals surface area (Å²) in [6.45, 7) is 2.26. The second-order valence-electron chi connectivity index (χ2n) is 5.05. The maximum absolute atomic E-state index is 13.3. The molecule has 2 aromatic rings. The summed E-state index contributed by atoms with van der Waals surface area (Å²) in [5.74, 6) is 1.22. The quantitative estimate of drug-likeness (QED) is 0.721. The largest absolute Gasteiger partial charge is 0.496 e. The van der Waals surface area contributed by atoms with E-state index in [1.165, 1.54) is 12.1 Å². The molecule has 0 aromatic heterocycles. The molecule has 2 aromatic carbocycles. The summed E-state index contributed by atoms with van der Waals surface area (Å²) in [6, 6.07) is 12.4. The Bertz CT molecular complexity index is 619. The monoisotopic (exact) mass is 319 g/mol. The SMILES string of the molecule is COCCOc1cccc(CNCc2cc(F)ccc2OC)c1. The lowest BCUT2D eigenvalue weighted by Crippen LogP contribution is -2.13. The van der Waals surface area contributed by atoms with Crippen LogP contribution in [0.4, 0.5) is 4.39 Å². The van der Waals surface area contributed by atoms with Crippen LogP contribution in [0.15, 0.2) is 42.5 Å². The second-order valence-corrected chi connectivity index (χ2v) is 5.05. The van der Waals surface area contributed by atoms with Crippen molar-refractivity contribution in [2.24, 2.45) is 0 Å². The van der Waals surface area contributed by atoms with Gasteiger partial charge in [0, 0.05) is 25.8 Å². The fraction of sp³-hybridized carbons (Fsp3) is 0.333. The van der Waals surface area contributed by atoms with Crippen LogP contribution in [0.25, 0.3) is 0 Å². The van der Waals surface area contributed by atoms with Crippen LogP contribution in [0.2, 0.25) is 0 Å². The molecule has 5 heteroatoms. The zero-order valence-corrected chi connectivity index (χ0v) is 13.5. The maximum atomic E-state index is 13.3. The summed E-state index contributed by atoms with van der Waals surface area (Å²) < 4.78 is 29.1. The number of benzene rings is 2.